The Labute approximate surface area is 459 Å². The molecule has 0 bridgehead atoms. The highest BCUT2D eigenvalue weighted by Crippen LogP contribution is 2.34. The average molecular weight is 1340 g/mol. The van der Waals surface area contributed by atoms with Gasteiger partial charge in [0, 0.05) is 33.3 Å². The first-order valence-electron chi connectivity index (χ1n) is 20.3. The number of benzene rings is 4. The van der Waals surface area contributed by atoms with E-state index in [0.29, 0.717) is 61.1 Å². The number of nitrogens with zero attached hydrogens (tertiary/aromatic N) is 5. The topological polar surface area (TPSA) is 457 Å². The number of halogens is 2. The highest BCUT2D eigenvalue weighted by Gasteiger charge is 2.30. The van der Waals surface area contributed by atoms with E-state index in [4.69, 9.17) is 17.2 Å². The average Bonchev–Trinajstić information content (AvgIpc) is 3.85. The number of rotatable bonds is 9. The monoisotopic (exact) mass is 1340 g/mol. The Balaban J connectivity index is 0.000000489. The van der Waals surface area contributed by atoms with E-state index in [1.54, 1.807) is 58.4 Å². The van der Waals surface area contributed by atoms with E-state index in [1.165, 1.54) is 26.0 Å². The first-order valence-corrected chi connectivity index (χ1v) is 26.3. The number of nitro groups is 1. The second-order valence-corrected chi connectivity index (χ2v) is 22.3. The Morgan fingerprint density at radius 3 is 1.04 bits per heavy atom. The van der Waals surface area contributed by atoms with Crippen LogP contribution in [0.3, 0.4) is 0 Å². The maximum Gasteiger partial charge on any atom is 0.296 e. The van der Waals surface area contributed by atoms with E-state index < -0.39 is 74.3 Å². The van der Waals surface area contributed by atoms with Crippen LogP contribution < -0.4 is 36.1 Å². The van der Waals surface area contributed by atoms with Gasteiger partial charge in [0.1, 0.15) is 32.6 Å². The lowest BCUT2D eigenvalue weighted by molar-refractivity contribution is -0.384. The predicted molar refractivity (Wildman–Crippen MR) is 293 cm³/mol. The molecule has 74 heavy (non-hydrogen) atoms. The number of carbonyl (C=O) groups excluding carboxylic acids is 4. The number of aryl methyl sites for hydroxylation is 6. The van der Waals surface area contributed by atoms with Gasteiger partial charge in [0.05, 0.1) is 31.0 Å². The molecular formula is C40H54I2N14O14S4. The first-order chi connectivity index (χ1) is 32.9. The third-order valence-electron chi connectivity index (χ3n) is 9.82. The number of hydrogen-bond donors (Lipinski definition) is 9. The van der Waals surface area contributed by atoms with Crippen molar-refractivity contribution in [3.8, 4) is 0 Å². The quantitative estimate of drug-likeness (QED) is 0.0435. The summed E-state index contributed by atoms with van der Waals surface area (Å²) in [6.07, 6.45) is 0. The minimum absolute atomic E-state index is 0. The van der Waals surface area contributed by atoms with Crippen LogP contribution in [0.1, 0.15) is 72.2 Å². The minimum atomic E-state index is -4.15. The largest absolute Gasteiger partial charge is 0.397 e. The predicted octanol–water partition coefficient (Wildman–Crippen LogP) is 2.95. The molecule has 0 unspecified atom stereocenters. The van der Waals surface area contributed by atoms with E-state index in [2.05, 4.69) is 30.8 Å². The van der Waals surface area contributed by atoms with Gasteiger partial charge in [-0.3, -0.25) is 29.3 Å². The summed E-state index contributed by atoms with van der Waals surface area (Å²) in [6.45, 7) is 16.9. The van der Waals surface area contributed by atoms with Gasteiger partial charge in [-0.05, 0) is 119 Å². The van der Waals surface area contributed by atoms with Gasteiger partial charge in [-0.1, -0.05) is 0 Å². The molecular weight excluding hydrogens is 1280 g/mol. The molecule has 6 aromatic rings. The lowest BCUT2D eigenvalue weighted by Crippen LogP contribution is -2.29. The zero-order chi connectivity index (χ0) is 55.3. The summed E-state index contributed by atoms with van der Waals surface area (Å²) in [7, 11) is -15.8. The molecule has 0 saturated carbocycles. The molecule has 0 atom stereocenters. The van der Waals surface area contributed by atoms with Crippen LogP contribution in [0, 0.1) is 65.5 Å². The van der Waals surface area contributed by atoms with Crippen molar-refractivity contribution >= 4 is 156 Å². The molecule has 34 heteroatoms. The first kappa shape index (κ1) is 65.6. The molecule has 12 N–H and O–H groups in total. The molecule has 6 rings (SSSR count). The maximum absolute atomic E-state index is 12.1. The number of amides is 4. The Morgan fingerprint density at radius 1 is 0.473 bits per heavy atom. The Bertz CT molecular complexity index is 3550. The zero-order valence-corrected chi connectivity index (χ0v) is 49.4. The van der Waals surface area contributed by atoms with Gasteiger partial charge in [-0.25, -0.2) is 52.6 Å². The van der Waals surface area contributed by atoms with Crippen molar-refractivity contribution in [3.63, 3.8) is 0 Å². The maximum atomic E-state index is 12.1. The highest BCUT2D eigenvalue weighted by molar-refractivity contribution is 14.0. The molecule has 4 aromatic carbocycles. The Hall–Kier alpha value is -6.38. The van der Waals surface area contributed by atoms with Crippen LogP contribution in [0.2, 0.25) is 0 Å². The number of nitro benzene ring substituents is 1. The molecule has 4 amide bonds. The van der Waals surface area contributed by atoms with Crippen molar-refractivity contribution in [1.82, 2.24) is 49.7 Å². The van der Waals surface area contributed by atoms with Crippen molar-refractivity contribution in [3.05, 3.63) is 78.9 Å². The highest BCUT2D eigenvalue weighted by atomic mass is 127. The number of fused-ring (bicyclic) bond motifs is 2. The molecule has 0 aliphatic rings. The summed E-state index contributed by atoms with van der Waals surface area (Å²) in [5.74, 6) is -2.69. The molecule has 0 spiro atoms. The zero-order valence-electron chi connectivity index (χ0n) is 41.4. The van der Waals surface area contributed by atoms with Crippen molar-refractivity contribution in [1.29, 1.82) is 0 Å². The molecule has 0 saturated heterocycles. The third kappa shape index (κ3) is 15.3. The van der Waals surface area contributed by atoms with E-state index in [9.17, 15) is 63.0 Å². The van der Waals surface area contributed by atoms with E-state index >= 15 is 0 Å². The van der Waals surface area contributed by atoms with Crippen molar-refractivity contribution < 1.29 is 57.8 Å². The number of anilines is 3. The summed E-state index contributed by atoms with van der Waals surface area (Å²) in [6, 6.07) is 5.89. The number of H-pyrrole nitrogens is 2. The Morgan fingerprint density at radius 2 is 0.743 bits per heavy atom. The van der Waals surface area contributed by atoms with Gasteiger partial charge < -0.3 is 17.2 Å². The standard InChI is InChI=1S/2C10H12N4O3S.C10H13N3O5S.C10H15N3O3S.2HI/c2*1-5-4-8-9(12-14-11-8)6(2)10(5)18(16,17)13-7(3)15;1-5-4-8(11)9(13(15)16)6(2)10(5)19(17,18)12-7(3)14;1-5-4-8(11)9(12)6(2)10(5)17(15,16)13-7(3)14;;/h2*4H,1-3H3,(H,13,15)(H,11,12,14);4H,11H2,1-3H3,(H,12,14);4H,11-12H2,1-3H3,(H,13,14);2*1H. The van der Waals surface area contributed by atoms with Crippen LogP contribution in [0.25, 0.3) is 22.1 Å². The molecule has 2 heterocycles. The normalized spacial score (nSPS) is 11.1. The van der Waals surface area contributed by atoms with Gasteiger partial charge in [-0.2, -0.15) is 30.8 Å². The SMILES string of the molecule is CC(=O)NS(=O)(=O)c1c(C)cc(N)c(N)c1C.CC(=O)NS(=O)(=O)c1c(C)cc(N)c([N+](=O)[O-])c1C.CC(=O)NS(=O)(=O)c1c(C)cc2n[nH]nc2c1C.CC(=O)NS(=O)(=O)c1c(C)cc2n[nH]nc2c1C.I.I. The summed E-state index contributed by atoms with van der Waals surface area (Å²) in [5.41, 5.74) is 21.8. The van der Waals surface area contributed by atoms with Gasteiger partial charge in [-0.15, -0.1) is 48.0 Å². The lowest BCUT2D eigenvalue weighted by Gasteiger charge is -2.14. The van der Waals surface area contributed by atoms with E-state index in [1.807, 2.05) is 14.2 Å². The van der Waals surface area contributed by atoms with Crippen molar-refractivity contribution in [2.24, 2.45) is 0 Å². The number of carbonyl (C=O) groups is 4. The molecule has 0 aliphatic heterocycles. The number of sulfonamides is 4. The number of nitrogens with two attached hydrogens (primary N) is 3. The summed E-state index contributed by atoms with van der Waals surface area (Å²) >= 11 is 0. The molecule has 406 valence electrons. The second kappa shape index (κ2) is 25.2. The number of aromatic amines is 2. The summed E-state index contributed by atoms with van der Waals surface area (Å²) < 4.78 is 104. The van der Waals surface area contributed by atoms with Gasteiger partial charge >= 0.3 is 0 Å². The van der Waals surface area contributed by atoms with E-state index in [0.717, 1.165) is 27.7 Å². The summed E-state index contributed by atoms with van der Waals surface area (Å²) in [4.78, 5) is 53.6. The Kier molecular flexibility index (Phi) is 22.4. The molecule has 0 fully saturated rings. The van der Waals surface area contributed by atoms with Gasteiger partial charge in [0.25, 0.3) is 45.8 Å². The third-order valence-corrected chi connectivity index (χ3v) is 16.7. The van der Waals surface area contributed by atoms with Crippen LogP contribution in [-0.4, -0.2) is 93.0 Å². The number of hydrogen-bond acceptors (Lipinski definition) is 21. The molecule has 28 nitrogen and oxygen atoms in total. The van der Waals surface area contributed by atoms with Crippen LogP contribution in [0.5, 0.6) is 0 Å². The fourth-order valence-electron chi connectivity index (χ4n) is 7.43. The minimum Gasteiger partial charge on any atom is -0.397 e. The van der Waals surface area contributed by atoms with Crippen molar-refractivity contribution in [2.75, 3.05) is 17.2 Å². The smallest absolute Gasteiger partial charge is 0.296 e. The van der Waals surface area contributed by atoms with Crippen LogP contribution >= 0.6 is 48.0 Å². The van der Waals surface area contributed by atoms with Gasteiger partial charge in [0.15, 0.2) is 0 Å². The summed E-state index contributed by atoms with van der Waals surface area (Å²) in [5, 5.41) is 31.4. The second-order valence-electron chi connectivity index (χ2n) is 15.8. The fraction of sp³-hybridized carbons (Fsp3) is 0.300. The van der Waals surface area contributed by atoms with Crippen LogP contribution in [-0.2, 0) is 59.3 Å². The molecule has 0 aliphatic carbocycles. The van der Waals surface area contributed by atoms with Gasteiger partial charge in [0.2, 0.25) is 23.6 Å². The van der Waals surface area contributed by atoms with Crippen LogP contribution in [0.4, 0.5) is 22.7 Å². The fourth-order valence-corrected chi connectivity index (χ4v) is 13.3. The molecule has 2 aromatic heterocycles. The number of aromatic nitrogens is 6. The lowest BCUT2D eigenvalue weighted by atomic mass is 10.1. The van der Waals surface area contributed by atoms with Crippen LogP contribution in [0.15, 0.2) is 43.8 Å². The number of nitrogens with one attached hydrogen (secondary N) is 6. The van der Waals surface area contributed by atoms with Crippen molar-refractivity contribution in [2.45, 2.75) is 103 Å². The number of nitrogen functional groups attached to an aromatic ring is 3. The van der Waals surface area contributed by atoms with E-state index in [-0.39, 0.29) is 90.0 Å². The molecule has 0 radical (unpaired) electrons.